The number of hydrogen-bond donors (Lipinski definition) is 2. The van der Waals surface area contributed by atoms with Crippen molar-refractivity contribution in [1.29, 1.82) is 0 Å². The van der Waals surface area contributed by atoms with Crippen molar-refractivity contribution < 1.29 is 14.2 Å². The lowest BCUT2D eigenvalue weighted by Gasteiger charge is -2.14. The Labute approximate surface area is 169 Å². The first kappa shape index (κ1) is 21.2. The van der Waals surface area contributed by atoms with Gasteiger partial charge in [-0.2, -0.15) is 0 Å². The molecule has 0 spiro atoms. The minimum Gasteiger partial charge on any atom is -0.493 e. The Morgan fingerprint density at radius 1 is 1.07 bits per heavy atom. The van der Waals surface area contributed by atoms with Crippen molar-refractivity contribution in [2.24, 2.45) is 4.99 Å². The molecular formula is C19H26ClN3O3S. The minimum atomic E-state index is 0.483. The van der Waals surface area contributed by atoms with Gasteiger partial charge in [0, 0.05) is 18.0 Å². The molecule has 0 fully saturated rings. The SMILES string of the molecule is CCNC(=NCc1cc(OC)c(OC)c(OC)c1)NCCc1ccc(Cl)s1. The van der Waals surface area contributed by atoms with Gasteiger partial charge < -0.3 is 24.8 Å². The molecule has 0 aliphatic rings. The second kappa shape index (κ2) is 10.9. The summed E-state index contributed by atoms with van der Waals surface area (Å²) in [5.74, 6) is 2.57. The van der Waals surface area contributed by atoms with Crippen LogP contribution in [0.15, 0.2) is 29.3 Å². The summed E-state index contributed by atoms with van der Waals surface area (Å²) in [4.78, 5) is 5.89. The van der Waals surface area contributed by atoms with Gasteiger partial charge in [0.15, 0.2) is 17.5 Å². The molecule has 0 unspecified atom stereocenters. The number of rotatable bonds is 9. The fourth-order valence-corrected chi connectivity index (χ4v) is 3.62. The first-order valence-corrected chi connectivity index (χ1v) is 9.86. The molecule has 8 heteroatoms. The molecule has 1 aromatic carbocycles. The van der Waals surface area contributed by atoms with Crippen LogP contribution in [-0.2, 0) is 13.0 Å². The molecule has 0 radical (unpaired) electrons. The molecule has 6 nitrogen and oxygen atoms in total. The lowest BCUT2D eigenvalue weighted by atomic mass is 10.2. The van der Waals surface area contributed by atoms with Crippen LogP contribution in [0.5, 0.6) is 17.2 Å². The van der Waals surface area contributed by atoms with Crippen molar-refractivity contribution in [2.75, 3.05) is 34.4 Å². The quantitative estimate of drug-likeness (QED) is 0.486. The third-order valence-electron chi connectivity index (χ3n) is 3.78. The van der Waals surface area contributed by atoms with Crippen LogP contribution in [0.4, 0.5) is 0 Å². The van der Waals surface area contributed by atoms with Crippen molar-refractivity contribution in [3.8, 4) is 17.2 Å². The maximum Gasteiger partial charge on any atom is 0.203 e. The molecule has 2 aromatic rings. The van der Waals surface area contributed by atoms with E-state index >= 15 is 0 Å². The molecule has 0 aliphatic heterocycles. The summed E-state index contributed by atoms with van der Waals surface area (Å²) in [6, 6.07) is 7.78. The van der Waals surface area contributed by atoms with E-state index in [0.29, 0.717) is 23.8 Å². The fourth-order valence-electron chi connectivity index (χ4n) is 2.53. The Morgan fingerprint density at radius 2 is 1.78 bits per heavy atom. The molecule has 0 aliphatic carbocycles. The van der Waals surface area contributed by atoms with E-state index in [9.17, 15) is 0 Å². The Bertz CT molecular complexity index is 739. The summed E-state index contributed by atoms with van der Waals surface area (Å²) in [7, 11) is 4.80. The first-order valence-electron chi connectivity index (χ1n) is 8.66. The number of thiophene rings is 1. The predicted molar refractivity (Wildman–Crippen MR) is 112 cm³/mol. The highest BCUT2D eigenvalue weighted by Gasteiger charge is 2.13. The lowest BCUT2D eigenvalue weighted by molar-refractivity contribution is 0.324. The molecule has 0 saturated carbocycles. The maximum absolute atomic E-state index is 5.97. The highest BCUT2D eigenvalue weighted by Crippen LogP contribution is 2.38. The molecule has 2 rings (SSSR count). The average molecular weight is 412 g/mol. The number of nitrogens with one attached hydrogen (secondary N) is 2. The number of methoxy groups -OCH3 is 3. The number of halogens is 1. The van der Waals surface area contributed by atoms with Gasteiger partial charge in [-0.15, -0.1) is 11.3 Å². The minimum absolute atomic E-state index is 0.483. The highest BCUT2D eigenvalue weighted by atomic mass is 35.5. The molecule has 1 aromatic heterocycles. The smallest absolute Gasteiger partial charge is 0.203 e. The number of ether oxygens (including phenoxy) is 3. The Hall–Kier alpha value is -2.12. The van der Waals surface area contributed by atoms with E-state index in [1.807, 2.05) is 25.1 Å². The van der Waals surface area contributed by atoms with Crippen LogP contribution in [0.25, 0.3) is 0 Å². The summed E-state index contributed by atoms with van der Waals surface area (Å²) < 4.78 is 17.0. The number of hydrogen-bond acceptors (Lipinski definition) is 5. The second-order valence-corrected chi connectivity index (χ2v) is 7.41. The topological polar surface area (TPSA) is 64.1 Å². The van der Waals surface area contributed by atoms with Crippen molar-refractivity contribution >= 4 is 28.9 Å². The lowest BCUT2D eigenvalue weighted by Crippen LogP contribution is -2.38. The Morgan fingerprint density at radius 3 is 2.30 bits per heavy atom. The van der Waals surface area contributed by atoms with Gasteiger partial charge in [0.2, 0.25) is 5.75 Å². The van der Waals surface area contributed by atoms with E-state index in [0.717, 1.165) is 35.4 Å². The van der Waals surface area contributed by atoms with Gasteiger partial charge in [-0.05, 0) is 43.2 Å². The van der Waals surface area contributed by atoms with Gasteiger partial charge in [0.05, 0.1) is 32.2 Å². The standard InChI is InChI=1S/C19H26ClN3O3S/c1-5-21-19(22-9-8-14-6-7-17(20)27-14)23-12-13-10-15(24-2)18(26-4)16(11-13)25-3/h6-7,10-11H,5,8-9,12H2,1-4H3,(H2,21,22,23). The van der Waals surface area contributed by atoms with Gasteiger partial charge in [0.25, 0.3) is 0 Å². The second-order valence-electron chi connectivity index (χ2n) is 5.61. The predicted octanol–water partition coefficient (Wildman–Crippen LogP) is 3.73. The van der Waals surface area contributed by atoms with Gasteiger partial charge in [-0.3, -0.25) is 0 Å². The van der Waals surface area contributed by atoms with E-state index < -0.39 is 0 Å². The van der Waals surface area contributed by atoms with Crippen molar-refractivity contribution in [1.82, 2.24) is 10.6 Å². The third kappa shape index (κ3) is 6.22. The fraction of sp³-hybridized carbons (Fsp3) is 0.421. The van der Waals surface area contributed by atoms with Crippen LogP contribution >= 0.6 is 22.9 Å². The molecule has 0 saturated heterocycles. The molecule has 0 atom stereocenters. The van der Waals surface area contributed by atoms with Gasteiger partial charge in [-0.1, -0.05) is 11.6 Å². The van der Waals surface area contributed by atoms with Crippen LogP contribution in [0.1, 0.15) is 17.4 Å². The zero-order chi connectivity index (χ0) is 19.6. The van der Waals surface area contributed by atoms with Crippen LogP contribution in [0, 0.1) is 0 Å². The van der Waals surface area contributed by atoms with Crippen LogP contribution < -0.4 is 24.8 Å². The van der Waals surface area contributed by atoms with Crippen molar-refractivity contribution in [3.63, 3.8) is 0 Å². The Kier molecular flexibility index (Phi) is 8.54. The zero-order valence-electron chi connectivity index (χ0n) is 16.1. The molecule has 1 heterocycles. The monoisotopic (exact) mass is 411 g/mol. The summed E-state index contributed by atoms with van der Waals surface area (Å²) in [6.45, 7) is 4.08. The van der Waals surface area contributed by atoms with Crippen molar-refractivity contribution in [2.45, 2.75) is 19.9 Å². The third-order valence-corrected chi connectivity index (χ3v) is 5.07. The van der Waals surface area contributed by atoms with Gasteiger partial charge in [-0.25, -0.2) is 4.99 Å². The normalized spacial score (nSPS) is 11.2. The molecule has 0 amide bonds. The van der Waals surface area contributed by atoms with E-state index in [4.69, 9.17) is 25.8 Å². The van der Waals surface area contributed by atoms with Gasteiger partial charge in [0.1, 0.15) is 0 Å². The largest absolute Gasteiger partial charge is 0.493 e. The summed E-state index contributed by atoms with van der Waals surface area (Å²) >= 11 is 7.57. The Balaban J connectivity index is 2.04. The molecule has 148 valence electrons. The average Bonchev–Trinajstić information content (AvgIpc) is 3.10. The summed E-state index contributed by atoms with van der Waals surface area (Å²) in [5, 5.41) is 6.60. The molecule has 27 heavy (non-hydrogen) atoms. The number of benzene rings is 1. The van der Waals surface area contributed by atoms with Crippen LogP contribution in [-0.4, -0.2) is 40.4 Å². The van der Waals surface area contributed by atoms with E-state index in [-0.39, 0.29) is 0 Å². The number of aliphatic imine (C=N–C) groups is 1. The van der Waals surface area contributed by atoms with E-state index in [2.05, 4.69) is 21.7 Å². The van der Waals surface area contributed by atoms with E-state index in [1.165, 1.54) is 4.88 Å². The molecule has 0 bridgehead atoms. The van der Waals surface area contributed by atoms with E-state index in [1.54, 1.807) is 32.7 Å². The molecule has 2 N–H and O–H groups in total. The maximum atomic E-state index is 5.97. The van der Waals surface area contributed by atoms with Crippen LogP contribution in [0.3, 0.4) is 0 Å². The molecular weight excluding hydrogens is 386 g/mol. The van der Waals surface area contributed by atoms with Crippen LogP contribution in [0.2, 0.25) is 4.34 Å². The van der Waals surface area contributed by atoms with Crippen molar-refractivity contribution in [3.05, 3.63) is 39.0 Å². The number of guanidine groups is 1. The summed E-state index contributed by atoms with van der Waals surface area (Å²) in [5.41, 5.74) is 0.965. The first-order chi connectivity index (χ1) is 13.1. The number of nitrogens with zero attached hydrogens (tertiary/aromatic N) is 1. The van der Waals surface area contributed by atoms with Gasteiger partial charge >= 0.3 is 0 Å². The highest BCUT2D eigenvalue weighted by molar-refractivity contribution is 7.16. The zero-order valence-corrected chi connectivity index (χ0v) is 17.7. The summed E-state index contributed by atoms with van der Waals surface area (Å²) in [6.07, 6.45) is 0.895.